The van der Waals surface area contributed by atoms with Crippen LogP contribution in [0, 0.1) is 50.4 Å². The van der Waals surface area contributed by atoms with Crippen molar-refractivity contribution in [2.24, 2.45) is 0 Å². The van der Waals surface area contributed by atoms with Gasteiger partial charge >= 0.3 is 0 Å². The molecule has 0 aliphatic heterocycles. The number of pyridine rings is 2. The van der Waals surface area contributed by atoms with Gasteiger partial charge in [-0.05, 0) is 62.1 Å². The fourth-order valence-corrected chi connectivity index (χ4v) is 5.23. The van der Waals surface area contributed by atoms with Crippen LogP contribution in [0.5, 0.6) is 0 Å². The zero-order valence-corrected chi connectivity index (χ0v) is 19.1. The summed E-state index contributed by atoms with van der Waals surface area (Å²) in [6.07, 6.45) is 0. The van der Waals surface area contributed by atoms with E-state index >= 15 is 0 Å². The van der Waals surface area contributed by atoms with Crippen LogP contribution >= 0.6 is 23.5 Å². The quantitative estimate of drug-likeness (QED) is 0.444. The molecule has 2 aromatic heterocycles. The Morgan fingerprint density at radius 3 is 1.40 bits per heavy atom. The van der Waals surface area contributed by atoms with Crippen LogP contribution in [0.3, 0.4) is 0 Å². The number of hydrogen-bond donors (Lipinski definition) is 0. The van der Waals surface area contributed by atoms with Gasteiger partial charge in [-0.1, -0.05) is 24.3 Å². The molecule has 0 atom stereocenters. The van der Waals surface area contributed by atoms with E-state index in [9.17, 15) is 10.5 Å². The second-order valence-electron chi connectivity index (χ2n) is 7.14. The highest BCUT2D eigenvalue weighted by atomic mass is 32.2. The molecule has 6 heteroatoms. The van der Waals surface area contributed by atoms with Crippen LogP contribution in [0.2, 0.25) is 0 Å². The molecule has 0 bridgehead atoms. The molecule has 1 aromatic carbocycles. The number of rotatable bonds is 6. The molecular weight excluding hydrogens is 408 g/mol. The lowest BCUT2D eigenvalue weighted by Gasteiger charge is -2.09. The summed E-state index contributed by atoms with van der Waals surface area (Å²) in [5, 5.41) is 20.4. The molecule has 0 radical (unpaired) electrons. The molecule has 2 heterocycles. The van der Waals surface area contributed by atoms with E-state index in [1.807, 2.05) is 39.8 Å². The smallest absolute Gasteiger partial charge is 0.115 e. The fourth-order valence-electron chi connectivity index (χ4n) is 3.12. The molecule has 0 fully saturated rings. The van der Waals surface area contributed by atoms with Gasteiger partial charge in [0.2, 0.25) is 0 Å². The van der Waals surface area contributed by atoms with Gasteiger partial charge in [-0.25, -0.2) is 9.97 Å². The lowest BCUT2D eigenvalue weighted by molar-refractivity contribution is 1.03. The molecule has 0 spiro atoms. The summed E-state index contributed by atoms with van der Waals surface area (Å²) < 4.78 is 0. The van der Waals surface area contributed by atoms with Crippen LogP contribution in [0.4, 0.5) is 0 Å². The first kappa shape index (κ1) is 21.9. The predicted molar refractivity (Wildman–Crippen MR) is 122 cm³/mol. The first-order valence-corrected chi connectivity index (χ1v) is 11.5. The minimum atomic E-state index is 0.660. The van der Waals surface area contributed by atoms with E-state index in [1.54, 1.807) is 23.5 Å². The summed E-state index contributed by atoms with van der Waals surface area (Å²) in [6, 6.07) is 16.9. The Labute approximate surface area is 186 Å². The van der Waals surface area contributed by atoms with Gasteiger partial charge < -0.3 is 0 Å². The van der Waals surface area contributed by atoms with Crippen LogP contribution < -0.4 is 0 Å². The molecule has 150 valence electrons. The summed E-state index contributed by atoms with van der Waals surface area (Å²) in [5.74, 6) is 1.52. The predicted octanol–water partition coefficient (Wildman–Crippen LogP) is 6.04. The molecule has 3 rings (SSSR count). The molecule has 0 aliphatic rings. The number of hydrogen-bond acceptors (Lipinski definition) is 6. The maximum atomic E-state index is 9.42. The first-order chi connectivity index (χ1) is 14.4. The van der Waals surface area contributed by atoms with Crippen LogP contribution in [0.1, 0.15) is 44.8 Å². The van der Waals surface area contributed by atoms with Gasteiger partial charge in [-0.2, -0.15) is 10.5 Å². The Hall–Kier alpha value is -2.80. The number of nitrogens with zero attached hydrogens (tertiary/aromatic N) is 4. The first-order valence-electron chi connectivity index (χ1n) is 9.51. The van der Waals surface area contributed by atoms with Gasteiger partial charge in [-0.15, -0.1) is 23.5 Å². The highest BCUT2D eigenvalue weighted by Gasteiger charge is 2.11. The zero-order valence-electron chi connectivity index (χ0n) is 17.5. The lowest BCUT2D eigenvalue weighted by atomic mass is 10.1. The van der Waals surface area contributed by atoms with Crippen molar-refractivity contribution in [1.29, 1.82) is 10.5 Å². The Bertz CT molecular complexity index is 1060. The molecule has 0 amide bonds. The number of thioether (sulfide) groups is 2. The van der Waals surface area contributed by atoms with Crippen LogP contribution in [-0.4, -0.2) is 9.97 Å². The van der Waals surface area contributed by atoms with Crippen LogP contribution in [0.25, 0.3) is 0 Å². The summed E-state index contributed by atoms with van der Waals surface area (Å²) in [5.41, 5.74) is 7.48. The van der Waals surface area contributed by atoms with E-state index in [2.05, 4.69) is 46.4 Å². The third-order valence-electron chi connectivity index (χ3n) is 4.62. The molecule has 0 unspecified atom stereocenters. The van der Waals surface area contributed by atoms with Crippen LogP contribution in [-0.2, 0) is 11.5 Å². The van der Waals surface area contributed by atoms with Crippen molar-refractivity contribution >= 4 is 23.5 Å². The maximum absolute atomic E-state index is 9.42. The van der Waals surface area contributed by atoms with Crippen molar-refractivity contribution in [2.45, 2.75) is 49.3 Å². The topological polar surface area (TPSA) is 73.4 Å². The van der Waals surface area contributed by atoms with Gasteiger partial charge in [-0.3, -0.25) is 0 Å². The van der Waals surface area contributed by atoms with Crippen molar-refractivity contribution in [2.75, 3.05) is 0 Å². The van der Waals surface area contributed by atoms with Crippen molar-refractivity contribution in [1.82, 2.24) is 9.97 Å². The van der Waals surface area contributed by atoms with Crippen molar-refractivity contribution in [3.05, 3.63) is 81.2 Å². The average Bonchev–Trinajstić information content (AvgIpc) is 2.71. The highest BCUT2D eigenvalue weighted by molar-refractivity contribution is 7.98. The summed E-state index contributed by atoms with van der Waals surface area (Å²) in [4.78, 5) is 9.07. The lowest BCUT2D eigenvalue weighted by Crippen LogP contribution is -1.95. The molecule has 3 aromatic rings. The molecule has 30 heavy (non-hydrogen) atoms. The van der Waals surface area contributed by atoms with Gasteiger partial charge in [0, 0.05) is 22.9 Å². The van der Waals surface area contributed by atoms with E-state index in [0.717, 1.165) is 44.1 Å². The number of aromatic nitrogens is 2. The Balaban J connectivity index is 1.66. The van der Waals surface area contributed by atoms with Crippen molar-refractivity contribution in [3.8, 4) is 12.1 Å². The van der Waals surface area contributed by atoms with E-state index in [4.69, 9.17) is 0 Å². The number of nitriles is 2. The van der Waals surface area contributed by atoms with Gasteiger partial charge in [0.05, 0.1) is 11.1 Å². The molecule has 4 nitrogen and oxygen atoms in total. The molecule has 0 saturated heterocycles. The molecular formula is C24H22N4S2. The molecule has 0 aliphatic carbocycles. The largest absolute Gasteiger partial charge is 0.245 e. The monoisotopic (exact) mass is 430 g/mol. The van der Waals surface area contributed by atoms with Gasteiger partial charge in [0.15, 0.2) is 0 Å². The standard InChI is InChI=1S/C24H22N4S2/c1-15-9-17(3)27-23(21(15)11-25)29-13-19-5-7-20(8-6-19)14-30-24-22(12-26)16(2)10-18(4)28-24/h5-10H,13-14H2,1-4H3. The third-order valence-corrected chi connectivity index (χ3v) is 6.71. The maximum Gasteiger partial charge on any atom is 0.115 e. The summed E-state index contributed by atoms with van der Waals surface area (Å²) >= 11 is 3.18. The summed E-state index contributed by atoms with van der Waals surface area (Å²) in [7, 11) is 0. The summed E-state index contributed by atoms with van der Waals surface area (Å²) in [6.45, 7) is 7.80. The van der Waals surface area contributed by atoms with Crippen LogP contribution in [0.15, 0.2) is 46.5 Å². The minimum Gasteiger partial charge on any atom is -0.245 e. The SMILES string of the molecule is Cc1cc(C)c(C#N)c(SCc2ccc(CSc3nc(C)cc(C)c3C#N)cc2)n1. The second kappa shape index (κ2) is 9.80. The van der Waals surface area contributed by atoms with Gasteiger partial charge in [0.25, 0.3) is 0 Å². The Kier molecular flexibility index (Phi) is 7.15. The molecule has 0 N–H and O–H groups in total. The fraction of sp³-hybridized carbons (Fsp3) is 0.250. The van der Waals surface area contributed by atoms with Crippen molar-refractivity contribution in [3.63, 3.8) is 0 Å². The van der Waals surface area contributed by atoms with E-state index in [1.165, 1.54) is 11.1 Å². The Morgan fingerprint density at radius 1 is 0.700 bits per heavy atom. The van der Waals surface area contributed by atoms with Crippen molar-refractivity contribution < 1.29 is 0 Å². The minimum absolute atomic E-state index is 0.660. The average molecular weight is 431 g/mol. The van der Waals surface area contributed by atoms with Gasteiger partial charge in [0.1, 0.15) is 22.2 Å². The number of benzene rings is 1. The van der Waals surface area contributed by atoms with E-state index in [-0.39, 0.29) is 0 Å². The molecule has 0 saturated carbocycles. The van der Waals surface area contributed by atoms with E-state index in [0.29, 0.717) is 11.1 Å². The second-order valence-corrected chi connectivity index (χ2v) is 9.07. The normalized spacial score (nSPS) is 10.5. The third kappa shape index (κ3) is 5.21. The van der Waals surface area contributed by atoms with E-state index < -0.39 is 0 Å². The zero-order chi connectivity index (χ0) is 21.7. The highest BCUT2D eigenvalue weighted by Crippen LogP contribution is 2.29. The Morgan fingerprint density at radius 2 is 1.07 bits per heavy atom. The number of aryl methyl sites for hydroxylation is 4.